The molecule has 0 nitrogen and oxygen atoms in total. The predicted molar refractivity (Wildman–Crippen MR) is 113 cm³/mol. The molecule has 0 aromatic carbocycles. The SMILES string of the molecule is C[C]1[CH][C]2C=CC=C[C]2[C]1[Si](C)(C)[C]1[C](C)[CH][C]2C=CC=C[C]21.[CH3-].[CH3-].[Zr+2]. The average molecular weight is 436 g/mol. The van der Waals surface area contributed by atoms with Gasteiger partial charge in [0.25, 0.3) is 0 Å². The second kappa shape index (κ2) is 9.04. The molecule has 0 heterocycles. The topological polar surface area (TPSA) is 0 Å². The van der Waals surface area contributed by atoms with Crippen molar-refractivity contribution < 1.29 is 26.2 Å². The first-order valence-electron chi connectivity index (χ1n) is 8.31. The Balaban J connectivity index is 0.00000113. The molecule has 10 radical (unpaired) electrons. The third-order valence-electron chi connectivity index (χ3n) is 5.24. The summed E-state index contributed by atoms with van der Waals surface area (Å²) < 4.78 is 0. The number of fused-ring (bicyclic) bond motifs is 2. The Labute approximate surface area is 183 Å². The summed E-state index contributed by atoms with van der Waals surface area (Å²) in [7, 11) is -1.77. The Hall–Kier alpha value is 0.0600. The van der Waals surface area contributed by atoms with Crippen molar-refractivity contribution in [2.45, 2.75) is 26.9 Å². The van der Waals surface area contributed by atoms with Gasteiger partial charge < -0.3 is 14.9 Å². The fraction of sp³-hybridized carbons (Fsp3) is 0.167. The molecule has 0 unspecified atom stereocenters. The van der Waals surface area contributed by atoms with Gasteiger partial charge in [0.1, 0.15) is 0 Å². The minimum Gasteiger partial charge on any atom is -0.358 e. The van der Waals surface area contributed by atoms with Crippen molar-refractivity contribution in [2.24, 2.45) is 0 Å². The number of rotatable bonds is 2. The smallest absolute Gasteiger partial charge is 0.358 e. The van der Waals surface area contributed by atoms with Crippen molar-refractivity contribution in [1.82, 2.24) is 0 Å². The maximum absolute atomic E-state index is 2.51. The summed E-state index contributed by atoms with van der Waals surface area (Å²) in [6, 6.07) is 0. The second-order valence-electron chi connectivity index (χ2n) is 7.20. The molecule has 0 amide bonds. The van der Waals surface area contributed by atoms with E-state index >= 15 is 0 Å². The van der Waals surface area contributed by atoms with Gasteiger partial charge in [-0.05, 0) is 35.8 Å². The van der Waals surface area contributed by atoms with Crippen LogP contribution in [-0.2, 0) is 26.2 Å². The molecule has 0 bridgehead atoms. The molecule has 2 fully saturated rings. The summed E-state index contributed by atoms with van der Waals surface area (Å²) >= 11 is 0. The standard InChI is InChI=1S/C22H22Si.2CH3.Zr/c1-15-13-17-9-5-7-11-19(17)21(15)23(3,4)22-16(2)14-18-10-6-8-12-20(18)22;;;/h5-14H,1-4H3;2*1H3;/q;2*-1;+2. The molecule has 0 aromatic heterocycles. The van der Waals surface area contributed by atoms with Gasteiger partial charge >= 0.3 is 26.2 Å². The number of allylic oxidation sites excluding steroid dienone is 8. The Morgan fingerprint density at radius 3 is 1.35 bits per heavy atom. The van der Waals surface area contributed by atoms with Crippen molar-refractivity contribution >= 4 is 8.07 Å². The van der Waals surface area contributed by atoms with E-state index in [1.54, 1.807) is 11.1 Å². The van der Waals surface area contributed by atoms with E-state index in [1.165, 1.54) is 35.5 Å². The van der Waals surface area contributed by atoms with E-state index in [0.717, 1.165) is 0 Å². The van der Waals surface area contributed by atoms with Crippen LogP contribution in [0.3, 0.4) is 0 Å². The predicted octanol–water partition coefficient (Wildman–Crippen LogP) is 5.99. The zero-order valence-corrected chi connectivity index (χ0v) is 20.2. The van der Waals surface area contributed by atoms with Crippen molar-refractivity contribution in [1.29, 1.82) is 0 Å². The molecule has 0 atom stereocenters. The van der Waals surface area contributed by atoms with Crippen LogP contribution in [0.4, 0.5) is 0 Å². The van der Waals surface area contributed by atoms with Gasteiger partial charge in [0.05, 0.1) is 8.07 Å². The van der Waals surface area contributed by atoms with Crippen LogP contribution in [-0.4, -0.2) is 8.07 Å². The molecule has 2 heteroatoms. The zero-order chi connectivity index (χ0) is 16.2. The maximum Gasteiger partial charge on any atom is 2.00 e. The van der Waals surface area contributed by atoms with Crippen LogP contribution in [0.2, 0.25) is 13.1 Å². The summed E-state index contributed by atoms with van der Waals surface area (Å²) in [6.45, 7) is 9.59. The first-order chi connectivity index (χ1) is 11.0. The van der Waals surface area contributed by atoms with Crippen LogP contribution < -0.4 is 0 Å². The fourth-order valence-corrected chi connectivity index (χ4v) is 8.69. The maximum atomic E-state index is 2.51. The summed E-state index contributed by atoms with van der Waals surface area (Å²) in [5.74, 6) is 8.57. The van der Waals surface area contributed by atoms with Gasteiger partial charge in [0, 0.05) is 23.7 Å². The van der Waals surface area contributed by atoms with Crippen LogP contribution in [0.5, 0.6) is 0 Å². The Morgan fingerprint density at radius 2 is 0.962 bits per heavy atom. The first-order valence-corrected chi connectivity index (χ1v) is 11.3. The van der Waals surface area contributed by atoms with Crippen molar-refractivity contribution in [3.63, 3.8) is 0 Å². The second-order valence-corrected chi connectivity index (χ2v) is 11.5. The van der Waals surface area contributed by atoms with Crippen LogP contribution in [0.15, 0.2) is 48.6 Å². The Bertz CT molecular complexity index is 535. The molecule has 4 aliphatic carbocycles. The Morgan fingerprint density at radius 1 is 0.615 bits per heavy atom. The molecule has 132 valence electrons. The largest absolute Gasteiger partial charge is 2.00 e. The molecule has 0 aromatic rings. The van der Waals surface area contributed by atoms with Crippen LogP contribution in [0, 0.1) is 74.3 Å². The summed E-state index contributed by atoms with van der Waals surface area (Å²) in [6.07, 6.45) is 22.4. The molecule has 26 heavy (non-hydrogen) atoms. The van der Waals surface area contributed by atoms with Gasteiger partial charge in [-0.1, -0.05) is 75.5 Å². The van der Waals surface area contributed by atoms with Crippen LogP contribution >= 0.6 is 0 Å². The summed E-state index contributed by atoms with van der Waals surface area (Å²) in [4.78, 5) is 0. The van der Waals surface area contributed by atoms with Gasteiger partial charge in [-0.2, -0.15) is 0 Å². The van der Waals surface area contributed by atoms with Gasteiger partial charge in [-0.3, -0.25) is 0 Å². The monoisotopic (exact) mass is 434 g/mol. The molecule has 0 N–H and O–H groups in total. The molecular formula is C24H28SiZr. The van der Waals surface area contributed by atoms with E-state index in [4.69, 9.17) is 0 Å². The first kappa shape index (κ1) is 24.1. The van der Waals surface area contributed by atoms with E-state index in [0.29, 0.717) is 0 Å². The molecule has 4 rings (SSSR count). The average Bonchev–Trinajstić information content (AvgIpc) is 3.02. The number of hydrogen-bond acceptors (Lipinski definition) is 0. The van der Waals surface area contributed by atoms with E-state index in [9.17, 15) is 0 Å². The third kappa shape index (κ3) is 3.80. The van der Waals surface area contributed by atoms with Crippen molar-refractivity contribution in [3.05, 3.63) is 123 Å². The van der Waals surface area contributed by atoms with Gasteiger partial charge in [0.15, 0.2) is 0 Å². The van der Waals surface area contributed by atoms with Gasteiger partial charge in [-0.25, -0.2) is 0 Å². The van der Waals surface area contributed by atoms with E-state index in [1.807, 2.05) is 0 Å². The molecule has 2 saturated carbocycles. The summed E-state index contributed by atoms with van der Waals surface area (Å²) in [5.41, 5.74) is 3.21. The third-order valence-corrected chi connectivity index (χ3v) is 9.07. The molecule has 0 aliphatic heterocycles. The van der Waals surface area contributed by atoms with E-state index in [2.05, 4.69) is 88.4 Å². The minimum atomic E-state index is -1.77. The van der Waals surface area contributed by atoms with Gasteiger partial charge in [-0.15, -0.1) is 0 Å². The normalized spacial score (nSPS) is 25.7. The van der Waals surface area contributed by atoms with E-state index < -0.39 is 8.07 Å². The zero-order valence-electron chi connectivity index (χ0n) is 16.8. The fourth-order valence-electron chi connectivity index (χ4n) is 4.52. The number of hydrogen-bond donors (Lipinski definition) is 0. The van der Waals surface area contributed by atoms with Crippen molar-refractivity contribution in [2.75, 3.05) is 0 Å². The quantitative estimate of drug-likeness (QED) is 0.369. The van der Waals surface area contributed by atoms with E-state index in [-0.39, 0.29) is 41.1 Å². The summed E-state index contributed by atoms with van der Waals surface area (Å²) in [5, 5.41) is 0. The Kier molecular flexibility index (Phi) is 8.38. The molecule has 0 spiro atoms. The molecule has 0 saturated heterocycles. The molecular weight excluding hydrogens is 408 g/mol. The van der Waals surface area contributed by atoms with Crippen molar-refractivity contribution in [3.8, 4) is 0 Å². The van der Waals surface area contributed by atoms with Crippen LogP contribution in [0.1, 0.15) is 13.8 Å². The van der Waals surface area contributed by atoms with Crippen LogP contribution in [0.25, 0.3) is 0 Å². The minimum absolute atomic E-state index is 0. The van der Waals surface area contributed by atoms with Gasteiger partial charge in [0.2, 0.25) is 0 Å². The molecule has 4 aliphatic rings.